The van der Waals surface area contributed by atoms with E-state index in [1.807, 2.05) is 32.9 Å². The first-order chi connectivity index (χ1) is 11.8. The molecule has 7 nitrogen and oxygen atoms in total. The van der Waals surface area contributed by atoms with Crippen LogP contribution in [0.3, 0.4) is 0 Å². The SMILES string of the molecule is CC(C)(C)OC(=O)N[C@H]1CCCC[C@H]1Nc1ncc2ccc(Br)n2n1. The van der Waals surface area contributed by atoms with Crippen molar-refractivity contribution in [2.24, 2.45) is 0 Å². The number of nitrogens with one attached hydrogen (secondary N) is 2. The maximum Gasteiger partial charge on any atom is 0.407 e. The molecule has 0 spiro atoms. The minimum absolute atomic E-state index is 0.00370. The molecule has 25 heavy (non-hydrogen) atoms. The quantitative estimate of drug-likeness (QED) is 0.806. The van der Waals surface area contributed by atoms with Crippen LogP contribution in [0, 0.1) is 0 Å². The van der Waals surface area contributed by atoms with Gasteiger partial charge in [0.05, 0.1) is 17.8 Å². The highest BCUT2D eigenvalue weighted by Crippen LogP contribution is 2.22. The average molecular weight is 410 g/mol. The average Bonchev–Trinajstić information content (AvgIpc) is 2.88. The summed E-state index contributed by atoms with van der Waals surface area (Å²) in [5.41, 5.74) is 0.417. The molecule has 0 bridgehead atoms. The van der Waals surface area contributed by atoms with Gasteiger partial charge in [0.1, 0.15) is 10.2 Å². The third kappa shape index (κ3) is 4.62. The van der Waals surface area contributed by atoms with Gasteiger partial charge in [-0.15, -0.1) is 5.10 Å². The van der Waals surface area contributed by atoms with Crippen molar-refractivity contribution in [2.45, 2.75) is 64.1 Å². The van der Waals surface area contributed by atoms with Crippen molar-refractivity contribution < 1.29 is 9.53 Å². The van der Waals surface area contributed by atoms with Gasteiger partial charge in [-0.05, 0) is 61.7 Å². The standard InChI is InChI=1S/C17H24BrN5O2/c1-17(2,3)25-16(24)21-13-7-5-4-6-12(13)20-15-19-10-11-8-9-14(18)23(11)22-15/h8-10,12-13H,4-7H2,1-3H3,(H,20,22)(H,21,24)/t12-,13+/m1/s1. The van der Waals surface area contributed by atoms with Gasteiger partial charge in [0.25, 0.3) is 0 Å². The smallest absolute Gasteiger partial charge is 0.407 e. The van der Waals surface area contributed by atoms with Crippen LogP contribution in [0.4, 0.5) is 10.7 Å². The summed E-state index contributed by atoms with van der Waals surface area (Å²) in [6, 6.07) is 3.95. The Morgan fingerprint density at radius 1 is 1.28 bits per heavy atom. The van der Waals surface area contributed by atoms with Gasteiger partial charge < -0.3 is 15.4 Å². The van der Waals surface area contributed by atoms with E-state index in [9.17, 15) is 4.79 Å². The number of alkyl carbamates (subject to hydrolysis) is 1. The largest absolute Gasteiger partial charge is 0.444 e. The van der Waals surface area contributed by atoms with Crippen molar-refractivity contribution in [3.63, 3.8) is 0 Å². The Kier molecular flexibility index (Phi) is 5.17. The molecule has 1 aliphatic rings. The molecule has 0 unspecified atom stereocenters. The second-order valence-corrected chi connectivity index (χ2v) is 8.18. The third-order valence-electron chi connectivity index (χ3n) is 4.13. The van der Waals surface area contributed by atoms with Crippen molar-refractivity contribution in [3.05, 3.63) is 22.9 Å². The first kappa shape index (κ1) is 18.0. The summed E-state index contributed by atoms with van der Waals surface area (Å²) >= 11 is 3.47. The monoisotopic (exact) mass is 409 g/mol. The second kappa shape index (κ2) is 7.19. The summed E-state index contributed by atoms with van der Waals surface area (Å²) in [7, 11) is 0. The van der Waals surface area contributed by atoms with Crippen molar-refractivity contribution in [2.75, 3.05) is 5.32 Å². The van der Waals surface area contributed by atoms with Crippen molar-refractivity contribution in [1.29, 1.82) is 0 Å². The van der Waals surface area contributed by atoms with Crippen LogP contribution in [-0.2, 0) is 4.74 Å². The third-order valence-corrected chi connectivity index (χ3v) is 4.74. The summed E-state index contributed by atoms with van der Waals surface area (Å²) in [5.74, 6) is 0.548. The van der Waals surface area contributed by atoms with Gasteiger partial charge in [-0.2, -0.15) is 0 Å². The zero-order valence-corrected chi connectivity index (χ0v) is 16.3. The molecule has 1 saturated carbocycles. The molecule has 0 saturated heterocycles. The highest BCUT2D eigenvalue weighted by molar-refractivity contribution is 9.10. The fourth-order valence-corrected chi connectivity index (χ4v) is 3.45. The minimum Gasteiger partial charge on any atom is -0.444 e. The van der Waals surface area contributed by atoms with E-state index in [4.69, 9.17) is 4.74 Å². The Bertz CT molecular complexity index is 755. The molecule has 2 heterocycles. The van der Waals surface area contributed by atoms with Gasteiger partial charge in [-0.25, -0.2) is 14.3 Å². The van der Waals surface area contributed by atoms with E-state index in [1.165, 1.54) is 0 Å². The molecule has 2 aromatic rings. The van der Waals surface area contributed by atoms with Crippen LogP contribution in [0.5, 0.6) is 0 Å². The molecule has 2 N–H and O–H groups in total. The number of nitrogens with zero attached hydrogens (tertiary/aromatic N) is 3. The van der Waals surface area contributed by atoms with Crippen LogP contribution in [-0.4, -0.2) is 38.4 Å². The van der Waals surface area contributed by atoms with E-state index >= 15 is 0 Å². The topological polar surface area (TPSA) is 80.5 Å². The fraction of sp³-hybridized carbons (Fsp3) is 0.588. The number of carbonyl (C=O) groups is 1. The van der Waals surface area contributed by atoms with Crippen LogP contribution < -0.4 is 10.6 Å². The van der Waals surface area contributed by atoms with E-state index in [-0.39, 0.29) is 18.2 Å². The van der Waals surface area contributed by atoms with E-state index in [0.717, 1.165) is 35.8 Å². The molecule has 136 valence electrons. The van der Waals surface area contributed by atoms with E-state index in [0.29, 0.717) is 5.95 Å². The normalized spacial score (nSPS) is 21.1. The van der Waals surface area contributed by atoms with Gasteiger partial charge in [-0.1, -0.05) is 12.8 Å². The number of hydrogen-bond donors (Lipinski definition) is 2. The number of fused-ring (bicyclic) bond motifs is 1. The number of anilines is 1. The lowest BCUT2D eigenvalue weighted by atomic mass is 9.90. The number of carbonyl (C=O) groups excluding carboxylic acids is 1. The van der Waals surface area contributed by atoms with Crippen LogP contribution >= 0.6 is 15.9 Å². The summed E-state index contributed by atoms with van der Waals surface area (Å²) in [6.07, 6.45) is 5.46. The molecule has 0 radical (unpaired) electrons. The number of aromatic nitrogens is 3. The number of halogens is 1. The number of amides is 1. The molecular formula is C17H24BrN5O2. The number of hydrogen-bond acceptors (Lipinski definition) is 5. The van der Waals surface area contributed by atoms with E-state index < -0.39 is 5.60 Å². The molecule has 1 aliphatic carbocycles. The first-order valence-corrected chi connectivity index (χ1v) is 9.37. The zero-order valence-electron chi connectivity index (χ0n) is 14.8. The molecular weight excluding hydrogens is 386 g/mol. The van der Waals surface area contributed by atoms with Gasteiger partial charge in [-0.3, -0.25) is 0 Å². The summed E-state index contributed by atoms with van der Waals surface area (Å²) in [5, 5.41) is 10.9. The molecule has 0 aliphatic heterocycles. The van der Waals surface area contributed by atoms with E-state index in [2.05, 4.69) is 36.6 Å². The molecule has 0 aromatic carbocycles. The van der Waals surface area contributed by atoms with Gasteiger partial charge in [0.2, 0.25) is 5.95 Å². The fourth-order valence-electron chi connectivity index (χ4n) is 3.04. The molecule has 3 rings (SSSR count). The lowest BCUT2D eigenvalue weighted by Crippen LogP contribution is -2.50. The lowest BCUT2D eigenvalue weighted by molar-refractivity contribution is 0.0488. The van der Waals surface area contributed by atoms with Crippen LogP contribution in [0.1, 0.15) is 46.5 Å². The van der Waals surface area contributed by atoms with E-state index in [1.54, 1.807) is 10.7 Å². The Morgan fingerprint density at radius 2 is 2.00 bits per heavy atom. The molecule has 8 heteroatoms. The lowest BCUT2D eigenvalue weighted by Gasteiger charge is -2.33. The maximum atomic E-state index is 12.1. The summed E-state index contributed by atoms with van der Waals surface area (Å²) < 4.78 is 8.04. The number of rotatable bonds is 3. The Hall–Kier alpha value is -1.83. The molecule has 1 fully saturated rings. The van der Waals surface area contributed by atoms with Crippen molar-refractivity contribution >= 4 is 33.5 Å². The van der Waals surface area contributed by atoms with Crippen LogP contribution in [0.25, 0.3) is 5.52 Å². The zero-order chi connectivity index (χ0) is 18.0. The minimum atomic E-state index is -0.503. The molecule has 1 amide bonds. The number of ether oxygens (including phenoxy) is 1. The van der Waals surface area contributed by atoms with Crippen molar-refractivity contribution in [1.82, 2.24) is 19.9 Å². The predicted molar refractivity (Wildman–Crippen MR) is 99.7 cm³/mol. The van der Waals surface area contributed by atoms with Gasteiger partial charge in [0, 0.05) is 6.04 Å². The summed E-state index contributed by atoms with van der Waals surface area (Å²) in [6.45, 7) is 5.59. The Labute approximate surface area is 155 Å². The molecule has 2 atom stereocenters. The first-order valence-electron chi connectivity index (χ1n) is 8.58. The van der Waals surface area contributed by atoms with Crippen LogP contribution in [0.15, 0.2) is 22.9 Å². The summed E-state index contributed by atoms with van der Waals surface area (Å²) in [4.78, 5) is 16.5. The Balaban J connectivity index is 1.69. The highest BCUT2D eigenvalue weighted by atomic mass is 79.9. The van der Waals surface area contributed by atoms with Crippen molar-refractivity contribution in [3.8, 4) is 0 Å². The Morgan fingerprint density at radius 3 is 2.72 bits per heavy atom. The predicted octanol–water partition coefficient (Wildman–Crippen LogP) is 3.74. The van der Waals surface area contributed by atoms with Crippen LogP contribution in [0.2, 0.25) is 0 Å². The highest BCUT2D eigenvalue weighted by Gasteiger charge is 2.29. The molecule has 2 aromatic heterocycles. The maximum absolute atomic E-state index is 12.1. The second-order valence-electron chi connectivity index (χ2n) is 7.36. The van der Waals surface area contributed by atoms with Gasteiger partial charge in [0.15, 0.2) is 0 Å². The van der Waals surface area contributed by atoms with Gasteiger partial charge >= 0.3 is 6.09 Å².